The summed E-state index contributed by atoms with van der Waals surface area (Å²) in [5.74, 6) is -0.689. The Hall–Kier alpha value is -0.790. The maximum absolute atomic E-state index is 11.3. The first-order chi connectivity index (χ1) is 6.38. The number of hydrogen-bond donors (Lipinski definition) is 1. The van der Waals surface area contributed by atoms with Gasteiger partial charge in [0, 0.05) is 0 Å². The van der Waals surface area contributed by atoms with E-state index in [0.717, 1.165) is 11.1 Å². The van der Waals surface area contributed by atoms with Gasteiger partial charge in [-0.3, -0.25) is 9.36 Å². The van der Waals surface area contributed by atoms with Crippen molar-refractivity contribution in [1.29, 1.82) is 0 Å². The van der Waals surface area contributed by atoms with Gasteiger partial charge in [-0.25, -0.2) is 0 Å². The fraction of sp³-hybridized carbons (Fsp3) is 0.500. The minimum Gasteiger partial charge on any atom is -0.385 e. The van der Waals surface area contributed by atoms with Crippen LogP contribution in [0.2, 0.25) is 0 Å². The lowest BCUT2D eigenvalue weighted by atomic mass is 9.79. The van der Waals surface area contributed by atoms with Crippen LogP contribution in [0.1, 0.15) is 20.8 Å². The molecule has 4 heteroatoms. The van der Waals surface area contributed by atoms with E-state index < -0.39 is 25.5 Å². The first-order valence-corrected chi connectivity index (χ1v) is 5.17. The van der Waals surface area contributed by atoms with Gasteiger partial charge >= 0.3 is 0 Å². The minimum absolute atomic E-state index is 0.479. The van der Waals surface area contributed by atoms with Crippen molar-refractivity contribution in [2.75, 3.05) is 0 Å². The zero-order chi connectivity index (χ0) is 10.9. The first-order valence-electron chi connectivity index (χ1n) is 4.35. The Kier molecular flexibility index (Phi) is 3.03. The molecule has 0 saturated heterocycles. The molecule has 0 saturated carbocycles. The van der Waals surface area contributed by atoms with Crippen molar-refractivity contribution in [3.8, 4) is 0 Å². The third-order valence-electron chi connectivity index (χ3n) is 2.35. The van der Waals surface area contributed by atoms with Gasteiger partial charge in [-0.15, -0.1) is 0 Å². The Labute approximate surface area is 84.7 Å². The van der Waals surface area contributed by atoms with Gasteiger partial charge in [0.1, 0.15) is 0 Å². The Morgan fingerprint density at radius 2 is 2.14 bits per heavy atom. The molecular weight excluding hydrogens is 199 g/mol. The number of hydrogen-bond acceptors (Lipinski definition) is 3. The molecule has 3 nitrogen and oxygen atoms in total. The number of carbonyl (C=O) groups excluding carboxylic acids is 1. The summed E-state index contributed by atoms with van der Waals surface area (Å²) < 4.78 is 10.5. The van der Waals surface area contributed by atoms with Crippen LogP contribution in [-0.2, 0) is 9.36 Å². The molecule has 1 rings (SSSR count). The highest BCUT2D eigenvalue weighted by molar-refractivity contribution is 7.46. The third kappa shape index (κ3) is 1.99. The molecule has 0 heterocycles. The normalized spacial score (nSPS) is 32.4. The molecular formula is C10H13O3P. The molecule has 14 heavy (non-hydrogen) atoms. The predicted molar refractivity (Wildman–Crippen MR) is 54.2 cm³/mol. The maximum atomic E-state index is 11.3. The zero-order valence-corrected chi connectivity index (χ0v) is 9.34. The van der Waals surface area contributed by atoms with Gasteiger partial charge in [-0.1, -0.05) is 17.2 Å². The Morgan fingerprint density at radius 3 is 2.57 bits per heavy atom. The molecule has 0 bridgehead atoms. The van der Waals surface area contributed by atoms with Gasteiger partial charge in [0.25, 0.3) is 0 Å². The third-order valence-corrected chi connectivity index (χ3v) is 2.79. The van der Waals surface area contributed by atoms with Crippen LogP contribution in [0.3, 0.4) is 0 Å². The Bertz CT molecular complexity index is 339. The molecule has 0 aromatic rings. The van der Waals surface area contributed by atoms with Crippen molar-refractivity contribution < 1.29 is 14.5 Å². The Balaban J connectivity index is 3.14. The molecule has 76 valence electrons. The second-order valence-electron chi connectivity index (χ2n) is 3.87. The largest absolute Gasteiger partial charge is 0.385 e. The van der Waals surface area contributed by atoms with Crippen molar-refractivity contribution in [2.45, 2.75) is 26.4 Å². The van der Waals surface area contributed by atoms with Crippen LogP contribution < -0.4 is 0 Å². The first kappa shape index (κ1) is 11.3. The summed E-state index contributed by atoms with van der Waals surface area (Å²) in [6, 6.07) is 0. The molecule has 2 atom stereocenters. The van der Waals surface area contributed by atoms with Gasteiger partial charge in [-0.05, 0) is 26.8 Å². The minimum atomic E-state index is -1.22. The average molecular weight is 212 g/mol. The molecule has 0 amide bonds. The maximum Gasteiger partial charge on any atom is 0.233 e. The fourth-order valence-corrected chi connectivity index (χ4v) is 2.56. The number of carbonyl (C=O) groups is 1. The smallest absolute Gasteiger partial charge is 0.233 e. The van der Waals surface area contributed by atoms with Crippen LogP contribution >= 0.6 is 8.46 Å². The summed E-state index contributed by atoms with van der Waals surface area (Å²) in [4.78, 5) is 11.3. The number of rotatable bonds is 2. The molecule has 0 aromatic carbocycles. The van der Waals surface area contributed by atoms with Crippen LogP contribution in [0.15, 0.2) is 23.3 Å². The standard InChI is InChI=1S/C10H13O3P/c1-6-4-7(2)8(9(11)14-13)10(3,12)5-6/h4-5,8,12H,1-3H3. The van der Waals surface area contributed by atoms with Crippen molar-refractivity contribution in [3.63, 3.8) is 0 Å². The monoisotopic (exact) mass is 212 g/mol. The van der Waals surface area contributed by atoms with E-state index in [2.05, 4.69) is 0 Å². The van der Waals surface area contributed by atoms with Crippen molar-refractivity contribution in [3.05, 3.63) is 23.3 Å². The van der Waals surface area contributed by atoms with Crippen LogP contribution in [0.25, 0.3) is 0 Å². The zero-order valence-electron chi connectivity index (χ0n) is 8.44. The van der Waals surface area contributed by atoms with Crippen molar-refractivity contribution in [1.82, 2.24) is 0 Å². The van der Waals surface area contributed by atoms with Crippen molar-refractivity contribution in [2.24, 2.45) is 5.92 Å². The van der Waals surface area contributed by atoms with Gasteiger partial charge in [0.15, 0.2) is 0 Å². The summed E-state index contributed by atoms with van der Waals surface area (Å²) in [6.45, 7) is 5.17. The van der Waals surface area contributed by atoms with E-state index >= 15 is 0 Å². The van der Waals surface area contributed by atoms with Gasteiger partial charge in [0.2, 0.25) is 14.0 Å². The predicted octanol–water partition coefficient (Wildman–Crippen LogP) is 2.08. The number of aliphatic hydroxyl groups is 1. The molecule has 0 radical (unpaired) electrons. The summed E-state index contributed by atoms with van der Waals surface area (Å²) >= 11 is 0. The molecule has 0 spiro atoms. The number of allylic oxidation sites excluding steroid dienone is 2. The highest BCUT2D eigenvalue weighted by Gasteiger charge is 2.39. The quantitative estimate of drug-likeness (QED) is 0.713. The van der Waals surface area contributed by atoms with Gasteiger partial charge in [-0.2, -0.15) is 0 Å². The highest BCUT2D eigenvalue weighted by atomic mass is 31.1. The fourth-order valence-electron chi connectivity index (χ4n) is 1.99. The van der Waals surface area contributed by atoms with Crippen LogP contribution in [0.4, 0.5) is 0 Å². The van der Waals surface area contributed by atoms with Crippen LogP contribution in [0.5, 0.6) is 0 Å². The van der Waals surface area contributed by atoms with E-state index in [1.807, 2.05) is 13.0 Å². The molecule has 0 aromatic heterocycles. The summed E-state index contributed by atoms with van der Waals surface area (Å²) in [5, 5.41) is 10.00. The van der Waals surface area contributed by atoms with E-state index in [9.17, 15) is 14.5 Å². The molecule has 2 unspecified atom stereocenters. The molecule has 1 aliphatic carbocycles. The SMILES string of the molecule is CC1=CC(C)(O)C(C(=O)P=O)C(C)=C1. The molecule has 0 aliphatic heterocycles. The second kappa shape index (κ2) is 3.76. The van der Waals surface area contributed by atoms with Gasteiger partial charge in [0.05, 0.1) is 11.5 Å². The lowest BCUT2D eigenvalue weighted by Gasteiger charge is -2.31. The van der Waals surface area contributed by atoms with E-state index in [1.54, 1.807) is 19.9 Å². The van der Waals surface area contributed by atoms with Gasteiger partial charge < -0.3 is 5.11 Å². The summed E-state index contributed by atoms with van der Waals surface area (Å²) in [7, 11) is -0.546. The highest BCUT2D eigenvalue weighted by Crippen LogP contribution is 2.35. The van der Waals surface area contributed by atoms with Crippen LogP contribution in [-0.4, -0.2) is 16.2 Å². The Morgan fingerprint density at radius 1 is 1.57 bits per heavy atom. The van der Waals surface area contributed by atoms with Crippen LogP contribution in [0, 0.1) is 5.92 Å². The topological polar surface area (TPSA) is 54.4 Å². The lowest BCUT2D eigenvalue weighted by molar-refractivity contribution is -0.118. The van der Waals surface area contributed by atoms with E-state index in [1.165, 1.54) is 0 Å². The molecule has 1 N–H and O–H groups in total. The summed E-state index contributed by atoms with van der Waals surface area (Å²) in [6.07, 6.45) is 3.44. The lowest BCUT2D eigenvalue weighted by Crippen LogP contribution is -2.39. The van der Waals surface area contributed by atoms with E-state index in [4.69, 9.17) is 0 Å². The molecule has 1 aliphatic rings. The second-order valence-corrected chi connectivity index (χ2v) is 4.49. The van der Waals surface area contributed by atoms with E-state index in [-0.39, 0.29) is 0 Å². The summed E-state index contributed by atoms with van der Waals surface area (Å²) in [5.41, 5.74) is -0.0350. The van der Waals surface area contributed by atoms with E-state index in [0.29, 0.717) is 0 Å². The average Bonchev–Trinajstić information content (AvgIpc) is 1.99. The van der Waals surface area contributed by atoms with Crippen molar-refractivity contribution >= 4 is 14.0 Å². The molecule has 0 fully saturated rings.